The minimum absolute atomic E-state index is 0.224. The lowest BCUT2D eigenvalue weighted by molar-refractivity contribution is -0.150. The van der Waals surface area contributed by atoms with Crippen molar-refractivity contribution in [2.45, 2.75) is 43.9 Å². The second-order valence-electron chi connectivity index (χ2n) is 7.16. The first-order valence-corrected chi connectivity index (χ1v) is 9.86. The van der Waals surface area contributed by atoms with E-state index >= 15 is 0 Å². The zero-order valence-corrected chi connectivity index (χ0v) is 15.6. The van der Waals surface area contributed by atoms with Gasteiger partial charge in [-0.3, -0.25) is 0 Å². The molecule has 1 saturated carbocycles. The molecule has 25 heavy (non-hydrogen) atoms. The van der Waals surface area contributed by atoms with Crippen LogP contribution >= 0.6 is 15.9 Å². The minimum Gasteiger partial charge on any atom is -0.471 e. The van der Waals surface area contributed by atoms with Crippen LogP contribution < -0.4 is 10.2 Å². The standard InChI is InChI=1S/C21H21BrN2O/c22-16-10-8-15(9-11-16)18-14-19-17-6-2-3-7-20(17)25-21(24(19)23-18)12-4-1-5-13-21/h2-3,6-11,14,19,23H,1,4-5,12-13H2/t19-/m1/s1. The molecule has 0 radical (unpaired) electrons. The molecule has 0 aromatic heterocycles. The number of rotatable bonds is 1. The lowest BCUT2D eigenvalue weighted by atomic mass is 9.87. The Morgan fingerprint density at radius 2 is 1.76 bits per heavy atom. The fraction of sp³-hybridized carbons (Fsp3) is 0.333. The van der Waals surface area contributed by atoms with E-state index in [1.54, 1.807) is 0 Å². The zero-order chi connectivity index (χ0) is 16.9. The predicted octanol–water partition coefficient (Wildman–Crippen LogP) is 5.40. The summed E-state index contributed by atoms with van der Waals surface area (Å²) in [6.07, 6.45) is 8.25. The highest BCUT2D eigenvalue weighted by molar-refractivity contribution is 9.10. The first-order chi connectivity index (χ1) is 12.3. The van der Waals surface area contributed by atoms with Gasteiger partial charge in [0.2, 0.25) is 0 Å². The minimum atomic E-state index is -0.231. The predicted molar refractivity (Wildman–Crippen MR) is 103 cm³/mol. The van der Waals surface area contributed by atoms with Crippen molar-refractivity contribution in [2.24, 2.45) is 0 Å². The van der Waals surface area contributed by atoms with Crippen LogP contribution in [0.2, 0.25) is 0 Å². The van der Waals surface area contributed by atoms with E-state index in [9.17, 15) is 0 Å². The molecule has 0 saturated heterocycles. The Hall–Kier alpha value is -1.78. The summed E-state index contributed by atoms with van der Waals surface area (Å²) >= 11 is 3.52. The number of ether oxygens (including phenoxy) is 1. The number of hydrogen-bond acceptors (Lipinski definition) is 3. The van der Waals surface area contributed by atoms with Crippen LogP contribution in [0.5, 0.6) is 5.75 Å². The van der Waals surface area contributed by atoms with Crippen LogP contribution in [0.1, 0.15) is 49.3 Å². The summed E-state index contributed by atoms with van der Waals surface area (Å²) in [7, 11) is 0. The molecule has 0 unspecified atom stereocenters. The Labute approximate surface area is 156 Å². The summed E-state index contributed by atoms with van der Waals surface area (Å²) in [4.78, 5) is 0. The Morgan fingerprint density at radius 1 is 1.00 bits per heavy atom. The second kappa shape index (κ2) is 5.89. The van der Waals surface area contributed by atoms with Gasteiger partial charge in [0.25, 0.3) is 0 Å². The molecule has 3 aliphatic rings. The highest BCUT2D eigenvalue weighted by Crippen LogP contribution is 2.49. The Bertz CT molecular complexity index is 824. The highest BCUT2D eigenvalue weighted by Gasteiger charge is 2.50. The van der Waals surface area contributed by atoms with Crippen molar-refractivity contribution in [3.63, 3.8) is 0 Å². The molecular weight excluding hydrogens is 376 g/mol. The molecule has 128 valence electrons. The van der Waals surface area contributed by atoms with Crippen LogP contribution in [0.25, 0.3) is 5.70 Å². The van der Waals surface area contributed by atoms with Gasteiger partial charge in [0.1, 0.15) is 5.75 Å². The number of nitrogens with zero attached hydrogens (tertiary/aromatic N) is 1. The maximum absolute atomic E-state index is 6.60. The van der Waals surface area contributed by atoms with E-state index in [2.05, 4.69) is 81.0 Å². The Balaban J connectivity index is 1.58. The van der Waals surface area contributed by atoms with E-state index in [1.807, 2.05) is 0 Å². The van der Waals surface area contributed by atoms with E-state index in [4.69, 9.17) is 4.74 Å². The third-order valence-corrected chi connectivity index (χ3v) is 6.14. The third kappa shape index (κ3) is 2.51. The smallest absolute Gasteiger partial charge is 0.180 e. The molecule has 0 amide bonds. The summed E-state index contributed by atoms with van der Waals surface area (Å²) in [6.45, 7) is 0. The topological polar surface area (TPSA) is 24.5 Å². The lowest BCUT2D eigenvalue weighted by Gasteiger charge is -2.50. The summed E-state index contributed by atoms with van der Waals surface area (Å²) in [5.41, 5.74) is 7.08. The molecule has 2 aromatic carbocycles. The molecule has 2 aromatic rings. The number of fused-ring (bicyclic) bond motifs is 4. The largest absolute Gasteiger partial charge is 0.471 e. The second-order valence-corrected chi connectivity index (χ2v) is 8.08. The molecule has 2 heterocycles. The third-order valence-electron chi connectivity index (χ3n) is 5.61. The van der Waals surface area contributed by atoms with Crippen LogP contribution in [-0.4, -0.2) is 10.7 Å². The molecule has 2 aliphatic heterocycles. The van der Waals surface area contributed by atoms with Crippen molar-refractivity contribution in [3.05, 3.63) is 70.2 Å². The molecule has 1 fully saturated rings. The fourth-order valence-electron chi connectivity index (χ4n) is 4.36. The van der Waals surface area contributed by atoms with Crippen molar-refractivity contribution in [1.29, 1.82) is 0 Å². The quantitative estimate of drug-likeness (QED) is 0.697. The molecule has 1 atom stereocenters. The number of nitrogens with one attached hydrogen (secondary N) is 1. The number of hydrazine groups is 1. The first kappa shape index (κ1) is 15.5. The van der Waals surface area contributed by atoms with Crippen molar-refractivity contribution >= 4 is 21.6 Å². The normalized spacial score (nSPS) is 24.0. The van der Waals surface area contributed by atoms with Gasteiger partial charge in [0.15, 0.2) is 5.72 Å². The number of benzene rings is 2. The zero-order valence-electron chi connectivity index (χ0n) is 14.0. The van der Waals surface area contributed by atoms with Crippen LogP contribution in [0.3, 0.4) is 0 Å². The molecule has 1 N–H and O–H groups in total. The maximum Gasteiger partial charge on any atom is 0.180 e. The SMILES string of the molecule is Brc1ccc(C2=C[C@@H]3c4ccccc4OC4(CCCCC4)N3N2)cc1. The van der Waals surface area contributed by atoms with Crippen molar-refractivity contribution < 1.29 is 4.74 Å². The maximum atomic E-state index is 6.60. The van der Waals surface area contributed by atoms with Gasteiger partial charge in [0.05, 0.1) is 11.7 Å². The van der Waals surface area contributed by atoms with Crippen molar-refractivity contribution in [1.82, 2.24) is 10.4 Å². The van der Waals surface area contributed by atoms with Gasteiger partial charge < -0.3 is 10.2 Å². The molecule has 0 bridgehead atoms. The number of para-hydroxylation sites is 1. The van der Waals surface area contributed by atoms with E-state index in [0.29, 0.717) is 0 Å². The number of hydrogen-bond donors (Lipinski definition) is 1. The van der Waals surface area contributed by atoms with E-state index in [-0.39, 0.29) is 11.8 Å². The molecule has 1 spiro atoms. The fourth-order valence-corrected chi connectivity index (χ4v) is 4.63. The van der Waals surface area contributed by atoms with Gasteiger partial charge in [-0.1, -0.05) is 52.7 Å². The monoisotopic (exact) mass is 396 g/mol. The molecule has 3 nitrogen and oxygen atoms in total. The first-order valence-electron chi connectivity index (χ1n) is 9.07. The molecule has 1 aliphatic carbocycles. The molecule has 4 heteroatoms. The van der Waals surface area contributed by atoms with Crippen LogP contribution in [0.4, 0.5) is 0 Å². The van der Waals surface area contributed by atoms with E-state index < -0.39 is 0 Å². The van der Waals surface area contributed by atoms with Crippen LogP contribution in [0, 0.1) is 0 Å². The van der Waals surface area contributed by atoms with Gasteiger partial charge in [-0.25, -0.2) is 0 Å². The summed E-state index contributed by atoms with van der Waals surface area (Å²) in [5.74, 6) is 1.04. The number of halogens is 1. The lowest BCUT2D eigenvalue weighted by Crippen LogP contribution is -2.60. The van der Waals surface area contributed by atoms with Gasteiger partial charge in [-0.05, 0) is 42.7 Å². The average Bonchev–Trinajstić information content (AvgIpc) is 3.10. The summed E-state index contributed by atoms with van der Waals surface area (Å²) in [6, 6.07) is 17.2. The highest BCUT2D eigenvalue weighted by atomic mass is 79.9. The van der Waals surface area contributed by atoms with Gasteiger partial charge in [-0.2, -0.15) is 5.01 Å². The molecule has 5 rings (SSSR count). The Kier molecular flexibility index (Phi) is 3.64. The van der Waals surface area contributed by atoms with Gasteiger partial charge in [0, 0.05) is 22.9 Å². The van der Waals surface area contributed by atoms with Crippen LogP contribution in [-0.2, 0) is 0 Å². The molecular formula is C21H21BrN2O. The van der Waals surface area contributed by atoms with E-state index in [0.717, 1.165) is 23.1 Å². The van der Waals surface area contributed by atoms with Crippen molar-refractivity contribution in [2.75, 3.05) is 0 Å². The van der Waals surface area contributed by atoms with Crippen LogP contribution in [0.15, 0.2) is 59.1 Å². The summed E-state index contributed by atoms with van der Waals surface area (Å²) < 4.78 is 7.70. The Morgan fingerprint density at radius 3 is 2.56 bits per heavy atom. The van der Waals surface area contributed by atoms with E-state index in [1.165, 1.54) is 36.1 Å². The van der Waals surface area contributed by atoms with Gasteiger partial charge >= 0.3 is 0 Å². The summed E-state index contributed by atoms with van der Waals surface area (Å²) in [5, 5.41) is 2.37. The average molecular weight is 397 g/mol. The van der Waals surface area contributed by atoms with Crippen molar-refractivity contribution in [3.8, 4) is 5.75 Å². The van der Waals surface area contributed by atoms with Gasteiger partial charge in [-0.15, -0.1) is 0 Å².